The lowest BCUT2D eigenvalue weighted by atomic mass is 9.86. The predicted octanol–water partition coefficient (Wildman–Crippen LogP) is 1.86. The van der Waals surface area contributed by atoms with Crippen LogP contribution in [0.1, 0.15) is 5.69 Å². The fourth-order valence-corrected chi connectivity index (χ4v) is 2.46. The molecule has 1 aromatic heterocycles. The first-order chi connectivity index (χ1) is 8.74. The van der Waals surface area contributed by atoms with Crippen molar-refractivity contribution < 1.29 is 4.74 Å². The van der Waals surface area contributed by atoms with E-state index >= 15 is 0 Å². The molecule has 4 nitrogen and oxygen atoms in total. The molecule has 1 saturated heterocycles. The van der Waals surface area contributed by atoms with E-state index < -0.39 is 0 Å². The van der Waals surface area contributed by atoms with Crippen molar-refractivity contribution in [2.24, 2.45) is 11.1 Å². The Morgan fingerprint density at radius 1 is 1.39 bits per heavy atom. The van der Waals surface area contributed by atoms with Gasteiger partial charge in [-0.3, -0.25) is 0 Å². The van der Waals surface area contributed by atoms with Crippen LogP contribution in [0.25, 0.3) is 10.9 Å². The standard InChI is InChI=1S/C14H19N3O/c1-10-13(11-4-2-3-5-12(11)17-10)16-7-14(6-15)8-18-9-14/h2-5,16-17H,6-9,15H2,1H3. The fourth-order valence-electron chi connectivity index (χ4n) is 2.46. The van der Waals surface area contributed by atoms with Crippen LogP contribution in [0.15, 0.2) is 24.3 Å². The van der Waals surface area contributed by atoms with Crippen LogP contribution in [0.4, 0.5) is 5.69 Å². The van der Waals surface area contributed by atoms with Crippen LogP contribution in [0.5, 0.6) is 0 Å². The number of hydrogen-bond acceptors (Lipinski definition) is 3. The molecule has 0 amide bonds. The van der Waals surface area contributed by atoms with Gasteiger partial charge in [0.25, 0.3) is 0 Å². The van der Waals surface area contributed by atoms with Crippen LogP contribution < -0.4 is 11.1 Å². The fraction of sp³-hybridized carbons (Fsp3) is 0.429. The van der Waals surface area contributed by atoms with E-state index in [1.807, 2.05) is 6.07 Å². The first-order valence-electron chi connectivity index (χ1n) is 6.33. The van der Waals surface area contributed by atoms with Crippen LogP contribution >= 0.6 is 0 Å². The zero-order chi connectivity index (χ0) is 12.6. The number of ether oxygens (including phenoxy) is 1. The molecular formula is C14H19N3O. The van der Waals surface area contributed by atoms with Crippen molar-refractivity contribution in [3.8, 4) is 0 Å². The van der Waals surface area contributed by atoms with Crippen molar-refractivity contribution in [3.05, 3.63) is 30.0 Å². The maximum absolute atomic E-state index is 5.83. The van der Waals surface area contributed by atoms with Crippen molar-refractivity contribution in [2.75, 3.05) is 31.6 Å². The summed E-state index contributed by atoms with van der Waals surface area (Å²) >= 11 is 0. The summed E-state index contributed by atoms with van der Waals surface area (Å²) in [7, 11) is 0. The van der Waals surface area contributed by atoms with Crippen molar-refractivity contribution >= 4 is 16.6 Å². The molecule has 2 aromatic rings. The zero-order valence-corrected chi connectivity index (χ0v) is 10.6. The van der Waals surface area contributed by atoms with Crippen molar-refractivity contribution in [1.29, 1.82) is 0 Å². The van der Waals surface area contributed by atoms with Gasteiger partial charge in [-0.1, -0.05) is 18.2 Å². The Bertz CT molecular complexity index is 552. The molecule has 0 bridgehead atoms. The van der Waals surface area contributed by atoms with Crippen molar-refractivity contribution in [2.45, 2.75) is 6.92 Å². The molecule has 1 aliphatic rings. The number of para-hydroxylation sites is 1. The number of nitrogens with one attached hydrogen (secondary N) is 2. The third-order valence-electron chi connectivity index (χ3n) is 3.78. The Morgan fingerprint density at radius 2 is 2.17 bits per heavy atom. The van der Waals surface area contributed by atoms with Gasteiger partial charge < -0.3 is 20.8 Å². The van der Waals surface area contributed by atoms with Gasteiger partial charge >= 0.3 is 0 Å². The quantitative estimate of drug-likeness (QED) is 0.770. The third kappa shape index (κ3) is 1.78. The summed E-state index contributed by atoms with van der Waals surface area (Å²) in [6.07, 6.45) is 0. The van der Waals surface area contributed by atoms with Crippen molar-refractivity contribution in [3.63, 3.8) is 0 Å². The van der Waals surface area contributed by atoms with Crippen LogP contribution in [0.2, 0.25) is 0 Å². The minimum Gasteiger partial charge on any atom is -0.382 e. The molecular weight excluding hydrogens is 226 g/mol. The highest BCUT2D eigenvalue weighted by atomic mass is 16.5. The number of rotatable bonds is 4. The molecule has 1 aromatic carbocycles. The van der Waals surface area contributed by atoms with E-state index in [4.69, 9.17) is 10.5 Å². The molecule has 2 heterocycles. The molecule has 1 aliphatic heterocycles. The van der Waals surface area contributed by atoms with Gasteiger partial charge in [0.2, 0.25) is 0 Å². The molecule has 0 saturated carbocycles. The van der Waals surface area contributed by atoms with Gasteiger partial charge in [0, 0.05) is 35.1 Å². The third-order valence-corrected chi connectivity index (χ3v) is 3.78. The van der Waals surface area contributed by atoms with E-state index in [2.05, 4.69) is 35.4 Å². The molecule has 0 unspecified atom stereocenters. The monoisotopic (exact) mass is 245 g/mol. The summed E-state index contributed by atoms with van der Waals surface area (Å²) < 4.78 is 5.29. The lowest BCUT2D eigenvalue weighted by molar-refractivity contribution is -0.0979. The van der Waals surface area contributed by atoms with Gasteiger partial charge in [-0.25, -0.2) is 0 Å². The van der Waals surface area contributed by atoms with Gasteiger partial charge in [0.1, 0.15) is 0 Å². The number of fused-ring (bicyclic) bond motifs is 1. The number of anilines is 1. The molecule has 3 rings (SSSR count). The highest BCUT2D eigenvalue weighted by Crippen LogP contribution is 2.30. The summed E-state index contributed by atoms with van der Waals surface area (Å²) in [6.45, 7) is 5.15. The van der Waals surface area contributed by atoms with Crippen LogP contribution in [0.3, 0.4) is 0 Å². The summed E-state index contributed by atoms with van der Waals surface area (Å²) in [5.74, 6) is 0. The molecule has 0 spiro atoms. The SMILES string of the molecule is Cc1[nH]c2ccccc2c1NCC1(CN)COC1. The Kier molecular flexibility index (Phi) is 2.76. The minimum atomic E-state index is 0.116. The average Bonchev–Trinajstić information content (AvgIpc) is 2.65. The predicted molar refractivity (Wildman–Crippen MR) is 73.8 cm³/mol. The Morgan fingerprint density at radius 3 is 2.83 bits per heavy atom. The topological polar surface area (TPSA) is 63.1 Å². The van der Waals surface area contributed by atoms with E-state index in [0.717, 1.165) is 19.8 Å². The van der Waals surface area contributed by atoms with Gasteiger partial charge in [0.05, 0.1) is 18.9 Å². The van der Waals surface area contributed by atoms with Crippen LogP contribution in [0, 0.1) is 12.3 Å². The largest absolute Gasteiger partial charge is 0.382 e. The van der Waals surface area contributed by atoms with Gasteiger partial charge in [-0.05, 0) is 13.0 Å². The number of benzene rings is 1. The molecule has 0 radical (unpaired) electrons. The lowest BCUT2D eigenvalue weighted by Crippen LogP contribution is -2.52. The zero-order valence-electron chi connectivity index (χ0n) is 10.6. The molecule has 0 aliphatic carbocycles. The molecule has 4 N–H and O–H groups in total. The van der Waals surface area contributed by atoms with E-state index in [9.17, 15) is 0 Å². The molecule has 1 fully saturated rings. The number of aryl methyl sites for hydroxylation is 1. The molecule has 4 heteroatoms. The van der Waals surface area contributed by atoms with Gasteiger partial charge in [-0.15, -0.1) is 0 Å². The first kappa shape index (κ1) is 11.6. The number of nitrogens with two attached hydrogens (primary N) is 1. The highest BCUT2D eigenvalue weighted by molar-refractivity contribution is 5.94. The second kappa shape index (κ2) is 4.30. The lowest BCUT2D eigenvalue weighted by Gasteiger charge is -2.40. The van der Waals surface area contributed by atoms with E-state index in [1.165, 1.54) is 22.3 Å². The highest BCUT2D eigenvalue weighted by Gasteiger charge is 2.37. The number of aromatic nitrogens is 1. The minimum absolute atomic E-state index is 0.116. The Hall–Kier alpha value is -1.52. The number of hydrogen-bond donors (Lipinski definition) is 3. The second-order valence-electron chi connectivity index (χ2n) is 5.22. The average molecular weight is 245 g/mol. The van der Waals surface area contributed by atoms with Crippen molar-refractivity contribution in [1.82, 2.24) is 4.98 Å². The number of H-pyrrole nitrogens is 1. The smallest absolute Gasteiger partial charge is 0.0628 e. The number of aromatic amines is 1. The summed E-state index contributed by atoms with van der Waals surface area (Å²) in [6, 6.07) is 8.33. The maximum Gasteiger partial charge on any atom is 0.0628 e. The summed E-state index contributed by atoms with van der Waals surface area (Å²) in [5.41, 5.74) is 9.47. The Labute approximate surface area is 107 Å². The van der Waals surface area contributed by atoms with E-state index in [1.54, 1.807) is 0 Å². The second-order valence-corrected chi connectivity index (χ2v) is 5.22. The first-order valence-corrected chi connectivity index (χ1v) is 6.33. The molecule has 96 valence electrons. The summed E-state index contributed by atoms with van der Waals surface area (Å²) in [5, 5.41) is 4.78. The molecule has 18 heavy (non-hydrogen) atoms. The van der Waals surface area contributed by atoms with Crippen LogP contribution in [-0.4, -0.2) is 31.3 Å². The van der Waals surface area contributed by atoms with Gasteiger partial charge in [0.15, 0.2) is 0 Å². The summed E-state index contributed by atoms with van der Waals surface area (Å²) in [4.78, 5) is 3.39. The van der Waals surface area contributed by atoms with E-state index in [-0.39, 0.29) is 5.41 Å². The molecule has 0 atom stereocenters. The normalized spacial score (nSPS) is 17.7. The van der Waals surface area contributed by atoms with Crippen LogP contribution in [-0.2, 0) is 4.74 Å². The van der Waals surface area contributed by atoms with E-state index in [0.29, 0.717) is 6.54 Å². The Balaban J connectivity index is 1.84. The maximum atomic E-state index is 5.83. The van der Waals surface area contributed by atoms with Gasteiger partial charge in [-0.2, -0.15) is 0 Å².